The van der Waals surface area contributed by atoms with Crippen molar-refractivity contribution in [2.24, 2.45) is 4.99 Å². The summed E-state index contributed by atoms with van der Waals surface area (Å²) in [6, 6.07) is 14.3. The van der Waals surface area contributed by atoms with Crippen molar-refractivity contribution in [2.45, 2.75) is 19.3 Å². The normalized spacial score (nSPS) is 12.0. The van der Waals surface area contributed by atoms with Gasteiger partial charge in [-0.05, 0) is 23.4 Å². The molecule has 1 amide bonds. The van der Waals surface area contributed by atoms with Gasteiger partial charge >= 0.3 is 0 Å². The third-order valence-corrected chi connectivity index (χ3v) is 4.93. The highest BCUT2D eigenvalue weighted by atomic mass is 127. The molecule has 0 spiro atoms. The standard InChI is InChI=1S/C19H26N4OS.HI/c1-15(17-9-6-12-25-17)13-22-19(20-2)23-14-18(24)21-11-10-16-7-4-3-5-8-16;/h3-9,12,15H,10-11,13-14H2,1-2H3,(H,21,24)(H2,20,22,23);1H. The zero-order valence-electron chi connectivity index (χ0n) is 15.2. The highest BCUT2D eigenvalue weighted by molar-refractivity contribution is 14.0. The van der Waals surface area contributed by atoms with E-state index in [-0.39, 0.29) is 36.4 Å². The van der Waals surface area contributed by atoms with Gasteiger partial charge in [0.15, 0.2) is 5.96 Å². The van der Waals surface area contributed by atoms with Gasteiger partial charge in [-0.3, -0.25) is 9.79 Å². The Bertz CT molecular complexity index is 661. The third-order valence-electron chi connectivity index (χ3n) is 3.82. The van der Waals surface area contributed by atoms with E-state index in [1.807, 2.05) is 18.2 Å². The Morgan fingerprint density at radius 1 is 1.12 bits per heavy atom. The van der Waals surface area contributed by atoms with E-state index < -0.39 is 0 Å². The molecule has 26 heavy (non-hydrogen) atoms. The summed E-state index contributed by atoms with van der Waals surface area (Å²) in [6.45, 7) is 3.78. The van der Waals surface area contributed by atoms with Gasteiger partial charge in [0.2, 0.25) is 5.91 Å². The molecule has 1 atom stereocenters. The molecule has 2 aromatic rings. The molecular formula is C19H27IN4OS. The van der Waals surface area contributed by atoms with E-state index in [2.05, 4.69) is 57.5 Å². The number of nitrogens with zero attached hydrogens (tertiary/aromatic N) is 1. The Morgan fingerprint density at radius 2 is 1.88 bits per heavy atom. The molecule has 1 aromatic carbocycles. The van der Waals surface area contributed by atoms with Crippen LogP contribution in [0.1, 0.15) is 23.3 Å². The Kier molecular flexibility index (Phi) is 11.0. The highest BCUT2D eigenvalue weighted by Crippen LogP contribution is 2.19. The first-order chi connectivity index (χ1) is 12.2. The maximum Gasteiger partial charge on any atom is 0.239 e. The monoisotopic (exact) mass is 486 g/mol. The van der Waals surface area contributed by atoms with Gasteiger partial charge in [-0.25, -0.2) is 0 Å². The quantitative estimate of drug-likeness (QED) is 0.306. The number of hydrogen-bond donors (Lipinski definition) is 3. The minimum Gasteiger partial charge on any atom is -0.356 e. The summed E-state index contributed by atoms with van der Waals surface area (Å²) in [6.07, 6.45) is 0.831. The van der Waals surface area contributed by atoms with E-state index >= 15 is 0 Å². The first kappa shape index (κ1) is 22.4. The lowest BCUT2D eigenvalue weighted by molar-refractivity contribution is -0.119. The number of hydrogen-bond acceptors (Lipinski definition) is 3. The number of aliphatic imine (C=N–C) groups is 1. The van der Waals surface area contributed by atoms with Gasteiger partial charge in [-0.2, -0.15) is 0 Å². The first-order valence-electron chi connectivity index (χ1n) is 8.47. The van der Waals surface area contributed by atoms with E-state index in [0.29, 0.717) is 18.4 Å². The lowest BCUT2D eigenvalue weighted by Gasteiger charge is -2.15. The molecule has 0 fully saturated rings. The Hall–Kier alpha value is -1.61. The number of carbonyl (C=O) groups is 1. The van der Waals surface area contributed by atoms with E-state index in [1.54, 1.807) is 18.4 Å². The van der Waals surface area contributed by atoms with Gasteiger partial charge in [0.05, 0.1) is 6.54 Å². The van der Waals surface area contributed by atoms with Crippen molar-refractivity contribution in [1.82, 2.24) is 16.0 Å². The number of guanidine groups is 1. The molecule has 0 aliphatic heterocycles. The summed E-state index contributed by atoms with van der Waals surface area (Å²) in [4.78, 5) is 17.4. The second-order valence-corrected chi connectivity index (χ2v) is 6.79. The van der Waals surface area contributed by atoms with Crippen LogP contribution >= 0.6 is 35.3 Å². The molecular weight excluding hydrogens is 459 g/mol. The molecule has 1 unspecified atom stereocenters. The van der Waals surface area contributed by atoms with Crippen molar-refractivity contribution in [3.05, 3.63) is 58.3 Å². The van der Waals surface area contributed by atoms with Crippen LogP contribution < -0.4 is 16.0 Å². The summed E-state index contributed by atoms with van der Waals surface area (Å²) in [5.41, 5.74) is 1.22. The van der Waals surface area contributed by atoms with Gasteiger partial charge in [0.25, 0.3) is 0 Å². The molecule has 3 N–H and O–H groups in total. The van der Waals surface area contributed by atoms with Crippen LogP contribution in [0, 0.1) is 0 Å². The third kappa shape index (κ3) is 8.18. The zero-order valence-corrected chi connectivity index (χ0v) is 18.3. The number of rotatable bonds is 8. The van der Waals surface area contributed by atoms with Crippen molar-refractivity contribution in [2.75, 3.05) is 26.7 Å². The van der Waals surface area contributed by atoms with Crippen LogP contribution in [-0.4, -0.2) is 38.5 Å². The molecule has 7 heteroatoms. The van der Waals surface area contributed by atoms with Gasteiger partial charge in [0, 0.05) is 30.9 Å². The smallest absolute Gasteiger partial charge is 0.239 e. The topological polar surface area (TPSA) is 65.5 Å². The van der Waals surface area contributed by atoms with Crippen molar-refractivity contribution in [1.29, 1.82) is 0 Å². The summed E-state index contributed by atoms with van der Waals surface area (Å²) < 4.78 is 0. The Morgan fingerprint density at radius 3 is 2.54 bits per heavy atom. The summed E-state index contributed by atoms with van der Waals surface area (Å²) in [5.74, 6) is 1.00. The molecule has 0 saturated carbocycles. The van der Waals surface area contributed by atoms with Crippen molar-refractivity contribution < 1.29 is 4.79 Å². The maximum atomic E-state index is 11.9. The maximum absolute atomic E-state index is 11.9. The van der Waals surface area contributed by atoms with Crippen LogP contribution in [0.15, 0.2) is 52.8 Å². The average molecular weight is 486 g/mol. The molecule has 1 aromatic heterocycles. The molecule has 0 bridgehead atoms. The van der Waals surface area contributed by atoms with Crippen molar-refractivity contribution in [3.63, 3.8) is 0 Å². The number of nitrogens with one attached hydrogen (secondary N) is 3. The van der Waals surface area contributed by atoms with Crippen LogP contribution in [-0.2, 0) is 11.2 Å². The van der Waals surface area contributed by atoms with Gasteiger partial charge < -0.3 is 16.0 Å². The first-order valence-corrected chi connectivity index (χ1v) is 9.35. The molecule has 0 aliphatic rings. The second-order valence-electron chi connectivity index (χ2n) is 5.81. The van der Waals surface area contributed by atoms with Crippen LogP contribution in [0.5, 0.6) is 0 Å². The van der Waals surface area contributed by atoms with Crippen LogP contribution in [0.4, 0.5) is 0 Å². The molecule has 0 saturated heterocycles. The molecule has 5 nitrogen and oxygen atoms in total. The van der Waals surface area contributed by atoms with E-state index in [4.69, 9.17) is 0 Å². The average Bonchev–Trinajstić information content (AvgIpc) is 3.17. The van der Waals surface area contributed by atoms with E-state index in [9.17, 15) is 4.79 Å². The highest BCUT2D eigenvalue weighted by Gasteiger charge is 2.08. The number of carbonyl (C=O) groups excluding carboxylic acids is 1. The van der Waals surface area contributed by atoms with E-state index in [0.717, 1.165) is 13.0 Å². The fourth-order valence-electron chi connectivity index (χ4n) is 2.36. The second kappa shape index (κ2) is 12.7. The Labute approximate surface area is 176 Å². The van der Waals surface area contributed by atoms with Crippen LogP contribution in [0.2, 0.25) is 0 Å². The Balaban J connectivity index is 0.00000338. The van der Waals surface area contributed by atoms with Gasteiger partial charge in [-0.1, -0.05) is 43.3 Å². The zero-order chi connectivity index (χ0) is 17.9. The van der Waals surface area contributed by atoms with E-state index in [1.165, 1.54) is 10.4 Å². The van der Waals surface area contributed by atoms with Crippen LogP contribution in [0.25, 0.3) is 0 Å². The van der Waals surface area contributed by atoms with Crippen LogP contribution in [0.3, 0.4) is 0 Å². The lowest BCUT2D eigenvalue weighted by atomic mass is 10.1. The molecule has 1 heterocycles. The minimum absolute atomic E-state index is 0. The largest absolute Gasteiger partial charge is 0.356 e. The van der Waals surface area contributed by atoms with Gasteiger partial charge in [0.1, 0.15) is 0 Å². The molecule has 0 radical (unpaired) electrons. The molecule has 142 valence electrons. The molecule has 2 rings (SSSR count). The molecule has 0 aliphatic carbocycles. The summed E-state index contributed by atoms with van der Waals surface area (Å²) in [5, 5.41) is 11.3. The summed E-state index contributed by atoms with van der Waals surface area (Å²) >= 11 is 1.75. The minimum atomic E-state index is -0.0369. The number of benzene rings is 1. The predicted octanol–water partition coefficient (Wildman–Crippen LogP) is 2.99. The van der Waals surface area contributed by atoms with Gasteiger partial charge in [-0.15, -0.1) is 35.3 Å². The van der Waals surface area contributed by atoms with Crippen molar-refractivity contribution in [3.8, 4) is 0 Å². The fourth-order valence-corrected chi connectivity index (χ4v) is 3.15. The predicted molar refractivity (Wildman–Crippen MR) is 121 cm³/mol. The SMILES string of the molecule is CN=C(NCC(=O)NCCc1ccccc1)NCC(C)c1cccs1.I. The van der Waals surface area contributed by atoms with Crippen molar-refractivity contribution >= 4 is 47.2 Å². The summed E-state index contributed by atoms with van der Waals surface area (Å²) in [7, 11) is 1.71. The number of halogens is 1. The number of amides is 1. The fraction of sp³-hybridized carbons (Fsp3) is 0.368. The number of thiophene rings is 1. The lowest BCUT2D eigenvalue weighted by Crippen LogP contribution is -2.44.